The van der Waals surface area contributed by atoms with Crippen molar-refractivity contribution < 1.29 is 19.2 Å². The summed E-state index contributed by atoms with van der Waals surface area (Å²) in [5, 5.41) is 7.93. The van der Waals surface area contributed by atoms with Gasteiger partial charge in [-0.25, -0.2) is 4.79 Å². The van der Waals surface area contributed by atoms with Crippen molar-refractivity contribution in [2.45, 2.75) is 25.3 Å². The zero-order valence-corrected chi connectivity index (χ0v) is 16.3. The number of halogens is 1. The molecule has 1 heterocycles. The highest BCUT2D eigenvalue weighted by Crippen LogP contribution is 2.42. The number of amides is 5. The lowest BCUT2D eigenvalue weighted by Crippen LogP contribution is -2.46. The number of hydrogen-bond donors (Lipinski definition) is 4. The Morgan fingerprint density at radius 2 is 1.96 bits per heavy atom. The maximum Gasteiger partial charge on any atom is 0.325 e. The molecule has 1 aliphatic carbocycles. The number of anilines is 1. The average molecular weight is 410 g/mol. The molecule has 2 aliphatic rings. The molecule has 10 heteroatoms. The summed E-state index contributed by atoms with van der Waals surface area (Å²) in [4.78, 5) is 50.2. The first kappa shape index (κ1) is 21.6. The number of benzene rings is 1. The van der Waals surface area contributed by atoms with E-state index in [1.54, 1.807) is 31.2 Å². The molecule has 0 aromatic heterocycles. The number of nitrogens with one attached hydrogen (secondary N) is 3. The minimum Gasteiger partial charge on any atom is -0.351 e. The van der Waals surface area contributed by atoms with Crippen molar-refractivity contribution >= 4 is 41.8 Å². The van der Waals surface area contributed by atoms with Crippen LogP contribution in [0.1, 0.15) is 30.1 Å². The van der Waals surface area contributed by atoms with E-state index in [0.717, 1.165) is 17.7 Å². The second-order valence-corrected chi connectivity index (χ2v) is 6.94. The molecule has 1 unspecified atom stereocenters. The number of carbonyl (C=O) groups is 4. The summed E-state index contributed by atoms with van der Waals surface area (Å²) >= 11 is 0. The third kappa shape index (κ3) is 4.26. The van der Waals surface area contributed by atoms with Crippen molar-refractivity contribution in [3.63, 3.8) is 0 Å². The van der Waals surface area contributed by atoms with Crippen LogP contribution in [0.4, 0.5) is 10.5 Å². The van der Waals surface area contributed by atoms with Crippen LogP contribution in [0.3, 0.4) is 0 Å². The van der Waals surface area contributed by atoms with Gasteiger partial charge in [0.15, 0.2) is 0 Å². The Morgan fingerprint density at radius 1 is 1.29 bits per heavy atom. The quantitative estimate of drug-likeness (QED) is 0.485. The number of nitrogens with zero attached hydrogens (tertiary/aromatic N) is 1. The predicted molar refractivity (Wildman–Crippen MR) is 105 cm³/mol. The van der Waals surface area contributed by atoms with Crippen LogP contribution in [-0.4, -0.2) is 53.8 Å². The van der Waals surface area contributed by atoms with Crippen molar-refractivity contribution in [2.75, 3.05) is 25.0 Å². The van der Waals surface area contributed by atoms with Gasteiger partial charge >= 0.3 is 6.03 Å². The van der Waals surface area contributed by atoms with Gasteiger partial charge in [0.25, 0.3) is 11.8 Å². The van der Waals surface area contributed by atoms with Crippen LogP contribution in [0.2, 0.25) is 0 Å². The van der Waals surface area contributed by atoms with Gasteiger partial charge in [0.2, 0.25) is 5.91 Å². The van der Waals surface area contributed by atoms with Gasteiger partial charge in [-0.3, -0.25) is 19.3 Å². The lowest BCUT2D eigenvalue weighted by Gasteiger charge is -2.20. The van der Waals surface area contributed by atoms with Gasteiger partial charge in [0, 0.05) is 13.1 Å². The van der Waals surface area contributed by atoms with Crippen molar-refractivity contribution in [1.82, 2.24) is 15.5 Å². The molecule has 1 saturated heterocycles. The third-order valence-corrected chi connectivity index (χ3v) is 4.87. The van der Waals surface area contributed by atoms with Crippen LogP contribution in [0.25, 0.3) is 0 Å². The lowest BCUT2D eigenvalue weighted by atomic mass is 9.96. The highest BCUT2D eigenvalue weighted by atomic mass is 35.5. The van der Waals surface area contributed by atoms with Crippen LogP contribution in [0, 0.1) is 5.92 Å². The van der Waals surface area contributed by atoms with Gasteiger partial charge in [0.05, 0.1) is 11.3 Å². The van der Waals surface area contributed by atoms with Crippen LogP contribution in [-0.2, 0) is 9.59 Å². The minimum atomic E-state index is -0.933. The van der Waals surface area contributed by atoms with Gasteiger partial charge in [0.1, 0.15) is 12.1 Å². The van der Waals surface area contributed by atoms with E-state index in [4.69, 9.17) is 5.73 Å². The molecule has 2 fully saturated rings. The predicted octanol–water partition coefficient (Wildman–Crippen LogP) is 0.456. The van der Waals surface area contributed by atoms with Crippen LogP contribution in [0.15, 0.2) is 24.3 Å². The number of urea groups is 1. The van der Waals surface area contributed by atoms with Gasteiger partial charge in [-0.2, -0.15) is 0 Å². The molecule has 1 aliphatic heterocycles. The number of hydrogen-bond acceptors (Lipinski definition) is 5. The smallest absolute Gasteiger partial charge is 0.325 e. The molecule has 1 atom stereocenters. The molecule has 5 N–H and O–H groups in total. The van der Waals surface area contributed by atoms with Crippen molar-refractivity contribution in [1.29, 1.82) is 0 Å². The highest BCUT2D eigenvalue weighted by Gasteiger charge is 2.56. The molecule has 1 aromatic rings. The molecule has 1 saturated carbocycles. The van der Waals surface area contributed by atoms with E-state index in [1.165, 1.54) is 0 Å². The number of carbonyl (C=O) groups excluding carboxylic acids is 4. The first-order valence-electron chi connectivity index (χ1n) is 8.88. The molecule has 9 nitrogen and oxygen atoms in total. The zero-order valence-electron chi connectivity index (χ0n) is 15.5. The molecule has 3 rings (SSSR count). The Balaban J connectivity index is 0.00000280. The van der Waals surface area contributed by atoms with E-state index >= 15 is 0 Å². The second kappa shape index (κ2) is 8.57. The molecule has 0 spiro atoms. The van der Waals surface area contributed by atoms with E-state index in [-0.39, 0.29) is 35.7 Å². The largest absolute Gasteiger partial charge is 0.351 e. The van der Waals surface area contributed by atoms with Crippen LogP contribution < -0.4 is 21.7 Å². The zero-order chi connectivity index (χ0) is 19.6. The fraction of sp³-hybridized carbons (Fsp3) is 0.444. The van der Waals surface area contributed by atoms with E-state index < -0.39 is 24.0 Å². The SMILES string of the molecule is CC1(C2CC2)NC(=O)N(CC(=O)Nc2ccccc2C(=O)NCCN)C1=O.Cl. The minimum absolute atomic E-state index is 0. The Morgan fingerprint density at radius 3 is 2.61 bits per heavy atom. The lowest BCUT2D eigenvalue weighted by molar-refractivity contribution is -0.134. The molecule has 152 valence electrons. The Bertz CT molecular complexity index is 798. The number of para-hydroxylation sites is 1. The normalized spacial score (nSPS) is 21.0. The summed E-state index contributed by atoms with van der Waals surface area (Å²) in [6, 6.07) is 5.92. The fourth-order valence-electron chi connectivity index (χ4n) is 3.20. The Hall–Kier alpha value is -2.65. The maximum atomic E-state index is 12.6. The van der Waals surface area contributed by atoms with Crippen molar-refractivity contribution in [3.8, 4) is 0 Å². The number of nitrogens with two attached hydrogens (primary N) is 1. The average Bonchev–Trinajstić information content (AvgIpc) is 3.46. The van der Waals surface area contributed by atoms with Gasteiger partial charge in [-0.05, 0) is 37.8 Å². The molecule has 0 bridgehead atoms. The standard InChI is InChI=1S/C18H23N5O4.ClH/c1-18(11-6-7-11)16(26)23(17(27)22-18)10-14(24)21-13-5-3-2-4-12(13)15(25)20-9-8-19;/h2-5,11H,6-10,19H2,1H3,(H,20,25)(H,21,24)(H,22,27);1H. The van der Waals surface area contributed by atoms with Gasteiger partial charge in [-0.15, -0.1) is 12.4 Å². The number of imide groups is 1. The molecule has 1 aromatic carbocycles. The van der Waals surface area contributed by atoms with E-state index in [0.29, 0.717) is 18.8 Å². The molecule has 5 amide bonds. The van der Waals surface area contributed by atoms with E-state index in [1.807, 2.05) is 0 Å². The molecular weight excluding hydrogens is 386 g/mol. The maximum absolute atomic E-state index is 12.6. The van der Waals surface area contributed by atoms with E-state index in [2.05, 4.69) is 16.0 Å². The Kier molecular flexibility index (Phi) is 6.63. The Labute approximate surface area is 168 Å². The summed E-state index contributed by atoms with van der Waals surface area (Å²) in [6.45, 7) is 1.89. The van der Waals surface area contributed by atoms with Crippen LogP contribution >= 0.6 is 12.4 Å². The van der Waals surface area contributed by atoms with E-state index in [9.17, 15) is 19.2 Å². The number of rotatable bonds is 7. The summed E-state index contributed by atoms with van der Waals surface area (Å²) in [7, 11) is 0. The summed E-state index contributed by atoms with van der Waals surface area (Å²) in [5.41, 5.74) is 5.02. The fourth-order valence-corrected chi connectivity index (χ4v) is 3.20. The summed E-state index contributed by atoms with van der Waals surface area (Å²) in [6.07, 6.45) is 1.77. The van der Waals surface area contributed by atoms with Crippen LogP contribution in [0.5, 0.6) is 0 Å². The second-order valence-electron chi connectivity index (χ2n) is 6.94. The van der Waals surface area contributed by atoms with Crippen molar-refractivity contribution in [3.05, 3.63) is 29.8 Å². The molecule has 28 heavy (non-hydrogen) atoms. The molecular formula is C18H24ClN5O4. The topological polar surface area (TPSA) is 134 Å². The highest BCUT2D eigenvalue weighted by molar-refractivity contribution is 6.11. The third-order valence-electron chi connectivity index (χ3n) is 4.87. The van der Waals surface area contributed by atoms with Gasteiger partial charge < -0.3 is 21.7 Å². The summed E-state index contributed by atoms with van der Waals surface area (Å²) in [5.74, 6) is -1.20. The first-order chi connectivity index (χ1) is 12.9. The first-order valence-corrected chi connectivity index (χ1v) is 8.88. The summed E-state index contributed by atoms with van der Waals surface area (Å²) < 4.78 is 0. The van der Waals surface area contributed by atoms with Crippen molar-refractivity contribution in [2.24, 2.45) is 11.7 Å². The monoisotopic (exact) mass is 409 g/mol. The van der Waals surface area contributed by atoms with Gasteiger partial charge in [-0.1, -0.05) is 12.1 Å². The molecule has 0 radical (unpaired) electrons.